The van der Waals surface area contributed by atoms with Crippen molar-refractivity contribution in [3.63, 3.8) is 0 Å². The molecule has 3 rings (SSSR count). The summed E-state index contributed by atoms with van der Waals surface area (Å²) < 4.78 is 7.84. The van der Waals surface area contributed by atoms with Crippen molar-refractivity contribution in [3.8, 4) is 5.75 Å². The Morgan fingerprint density at radius 2 is 2.13 bits per heavy atom. The molecule has 0 aliphatic carbocycles. The van der Waals surface area contributed by atoms with Crippen LogP contribution in [0.15, 0.2) is 54.3 Å². The molecule has 0 spiro atoms. The zero-order chi connectivity index (χ0) is 21.5. The minimum absolute atomic E-state index is 0.164. The molecule has 3 aromatic rings. The number of amides is 1. The number of aromatic nitrogens is 4. The van der Waals surface area contributed by atoms with Gasteiger partial charge >= 0.3 is 0 Å². The third kappa shape index (κ3) is 5.61. The number of nitrogens with one attached hydrogen (secondary N) is 1. The quantitative estimate of drug-likeness (QED) is 0.389. The smallest absolute Gasteiger partial charge is 0.236 e. The van der Waals surface area contributed by atoms with Crippen molar-refractivity contribution in [3.05, 3.63) is 71.2 Å². The predicted molar refractivity (Wildman–Crippen MR) is 119 cm³/mol. The summed E-state index contributed by atoms with van der Waals surface area (Å²) in [6, 6.07) is 9.25. The fourth-order valence-electron chi connectivity index (χ4n) is 2.63. The van der Waals surface area contributed by atoms with E-state index in [4.69, 9.17) is 16.3 Å². The highest BCUT2D eigenvalue weighted by Gasteiger charge is 2.15. The average molecular weight is 444 g/mol. The number of carbonyl (C=O) groups is 1. The molecular formula is C21H22ClN5O2S. The number of aryl methyl sites for hydroxylation is 1. The Hall–Kier alpha value is -2.84. The molecule has 7 nitrogen and oxygen atoms in total. The maximum absolute atomic E-state index is 12.2. The largest absolute Gasteiger partial charge is 0.485 e. The van der Waals surface area contributed by atoms with Crippen molar-refractivity contribution in [2.75, 3.05) is 11.1 Å². The van der Waals surface area contributed by atoms with E-state index in [2.05, 4.69) is 27.1 Å². The van der Waals surface area contributed by atoms with Gasteiger partial charge in [0.05, 0.1) is 10.8 Å². The van der Waals surface area contributed by atoms with Crippen LogP contribution in [0.4, 0.5) is 5.82 Å². The van der Waals surface area contributed by atoms with Gasteiger partial charge in [-0.3, -0.25) is 9.36 Å². The number of rotatable bonds is 9. The highest BCUT2D eigenvalue weighted by Crippen LogP contribution is 2.23. The number of hydrogen-bond acceptors (Lipinski definition) is 6. The Bertz CT molecular complexity index is 1040. The van der Waals surface area contributed by atoms with E-state index in [1.54, 1.807) is 18.2 Å². The molecule has 0 radical (unpaired) electrons. The molecule has 2 aromatic heterocycles. The highest BCUT2D eigenvalue weighted by atomic mass is 35.5. The molecule has 0 bridgehead atoms. The molecule has 0 unspecified atom stereocenters. The van der Waals surface area contributed by atoms with Crippen LogP contribution >= 0.6 is 23.4 Å². The molecule has 0 saturated carbocycles. The molecule has 1 amide bonds. The Morgan fingerprint density at radius 3 is 2.87 bits per heavy atom. The van der Waals surface area contributed by atoms with Crippen LogP contribution in [0.3, 0.4) is 0 Å². The van der Waals surface area contributed by atoms with Crippen molar-refractivity contribution in [2.45, 2.75) is 32.2 Å². The summed E-state index contributed by atoms with van der Waals surface area (Å²) in [6.45, 7) is 8.65. The van der Waals surface area contributed by atoms with Crippen LogP contribution in [0.25, 0.3) is 0 Å². The monoisotopic (exact) mass is 443 g/mol. The fraction of sp³-hybridized carbons (Fsp3) is 0.238. The van der Waals surface area contributed by atoms with E-state index < -0.39 is 0 Å². The van der Waals surface area contributed by atoms with Crippen molar-refractivity contribution < 1.29 is 9.53 Å². The van der Waals surface area contributed by atoms with Gasteiger partial charge in [0.25, 0.3) is 0 Å². The normalized spacial score (nSPS) is 10.6. The van der Waals surface area contributed by atoms with Gasteiger partial charge in [0.2, 0.25) is 5.91 Å². The van der Waals surface area contributed by atoms with Crippen LogP contribution in [0.2, 0.25) is 5.02 Å². The number of pyridine rings is 1. The van der Waals surface area contributed by atoms with Crippen LogP contribution in [-0.2, 0) is 17.9 Å². The van der Waals surface area contributed by atoms with Gasteiger partial charge in [-0.2, -0.15) is 0 Å². The first-order valence-corrected chi connectivity index (χ1v) is 10.6. The molecule has 0 aliphatic rings. The van der Waals surface area contributed by atoms with E-state index >= 15 is 0 Å². The standard InChI is InChI=1S/C21H22ClN5O2S/c1-4-10-27-19(12-29-17-7-5-6-14(2)15(17)3)25-26-21(27)30-13-20(28)24-18-9-8-16(22)11-23-18/h4-9,11H,1,10,12-13H2,2-3H3,(H,23,24,28). The zero-order valence-corrected chi connectivity index (χ0v) is 18.3. The number of anilines is 1. The first kappa shape index (κ1) is 21.9. The number of benzene rings is 1. The topological polar surface area (TPSA) is 81.9 Å². The second kappa shape index (κ2) is 10.3. The molecule has 156 valence electrons. The summed E-state index contributed by atoms with van der Waals surface area (Å²) in [5.41, 5.74) is 2.26. The van der Waals surface area contributed by atoms with Crippen molar-refractivity contribution >= 4 is 35.1 Å². The number of thioether (sulfide) groups is 1. The van der Waals surface area contributed by atoms with E-state index in [1.165, 1.54) is 18.0 Å². The summed E-state index contributed by atoms with van der Waals surface area (Å²) in [5, 5.41) is 12.3. The van der Waals surface area contributed by atoms with Crippen LogP contribution in [-0.4, -0.2) is 31.4 Å². The Morgan fingerprint density at radius 1 is 1.30 bits per heavy atom. The summed E-state index contributed by atoms with van der Waals surface area (Å²) >= 11 is 7.09. The molecule has 2 heterocycles. The molecule has 0 aliphatic heterocycles. The van der Waals surface area contributed by atoms with Gasteiger partial charge < -0.3 is 10.1 Å². The number of hydrogen-bond donors (Lipinski definition) is 1. The van der Waals surface area contributed by atoms with Crippen molar-refractivity contribution in [2.24, 2.45) is 0 Å². The van der Waals surface area contributed by atoms with E-state index in [0.717, 1.165) is 16.9 Å². The summed E-state index contributed by atoms with van der Waals surface area (Å²) in [5.74, 6) is 1.89. The van der Waals surface area contributed by atoms with Crippen LogP contribution in [0.1, 0.15) is 17.0 Å². The Kier molecular flexibility index (Phi) is 7.48. The third-order valence-electron chi connectivity index (χ3n) is 4.34. The van der Waals surface area contributed by atoms with E-state index in [0.29, 0.717) is 28.4 Å². The van der Waals surface area contributed by atoms with Gasteiger partial charge in [-0.1, -0.05) is 41.6 Å². The molecule has 9 heteroatoms. The third-order valence-corrected chi connectivity index (χ3v) is 5.53. The summed E-state index contributed by atoms with van der Waals surface area (Å²) in [7, 11) is 0. The minimum atomic E-state index is -0.198. The van der Waals surface area contributed by atoms with Crippen molar-refractivity contribution in [1.82, 2.24) is 19.7 Å². The predicted octanol–water partition coefficient (Wildman–Crippen LogP) is 4.44. The zero-order valence-electron chi connectivity index (χ0n) is 16.8. The average Bonchev–Trinajstić information content (AvgIpc) is 3.11. The number of allylic oxidation sites excluding steroid dienone is 1. The molecular weight excluding hydrogens is 422 g/mol. The van der Waals surface area contributed by atoms with E-state index in [-0.39, 0.29) is 18.3 Å². The van der Waals surface area contributed by atoms with Gasteiger partial charge in [-0.25, -0.2) is 4.98 Å². The van der Waals surface area contributed by atoms with Crippen LogP contribution < -0.4 is 10.1 Å². The van der Waals surface area contributed by atoms with Gasteiger partial charge in [-0.05, 0) is 43.2 Å². The lowest BCUT2D eigenvalue weighted by Crippen LogP contribution is -2.15. The lowest BCUT2D eigenvalue weighted by atomic mass is 10.1. The van der Waals surface area contributed by atoms with Gasteiger partial charge in [0, 0.05) is 12.7 Å². The number of ether oxygens (including phenoxy) is 1. The first-order valence-electron chi connectivity index (χ1n) is 9.24. The molecule has 0 saturated heterocycles. The SMILES string of the molecule is C=CCn1c(COc2cccc(C)c2C)nnc1SCC(=O)Nc1ccc(Cl)cn1. The van der Waals surface area contributed by atoms with Gasteiger partial charge in [0.1, 0.15) is 18.2 Å². The maximum Gasteiger partial charge on any atom is 0.236 e. The van der Waals surface area contributed by atoms with Crippen LogP contribution in [0, 0.1) is 13.8 Å². The fourth-order valence-corrected chi connectivity index (χ4v) is 3.51. The first-order chi connectivity index (χ1) is 14.5. The maximum atomic E-state index is 12.2. The molecule has 30 heavy (non-hydrogen) atoms. The van der Waals surface area contributed by atoms with Crippen molar-refractivity contribution in [1.29, 1.82) is 0 Å². The Balaban J connectivity index is 1.63. The molecule has 0 fully saturated rings. The summed E-state index contributed by atoms with van der Waals surface area (Å²) in [4.78, 5) is 16.3. The van der Waals surface area contributed by atoms with Crippen LogP contribution in [0.5, 0.6) is 5.75 Å². The molecule has 1 aromatic carbocycles. The Labute approximate surface area is 184 Å². The second-order valence-electron chi connectivity index (χ2n) is 6.48. The van der Waals surface area contributed by atoms with E-state index in [1.807, 2.05) is 36.6 Å². The molecule has 0 atom stereocenters. The number of carbonyl (C=O) groups excluding carboxylic acids is 1. The summed E-state index contributed by atoms with van der Waals surface area (Å²) in [6.07, 6.45) is 3.24. The second-order valence-corrected chi connectivity index (χ2v) is 7.86. The highest BCUT2D eigenvalue weighted by molar-refractivity contribution is 7.99. The lowest BCUT2D eigenvalue weighted by Gasteiger charge is -2.12. The van der Waals surface area contributed by atoms with Gasteiger partial charge in [-0.15, -0.1) is 16.8 Å². The van der Waals surface area contributed by atoms with E-state index in [9.17, 15) is 4.79 Å². The minimum Gasteiger partial charge on any atom is -0.485 e. The number of halogens is 1. The molecule has 1 N–H and O–H groups in total. The lowest BCUT2D eigenvalue weighted by molar-refractivity contribution is -0.113. The van der Waals surface area contributed by atoms with Gasteiger partial charge in [0.15, 0.2) is 11.0 Å². The number of nitrogens with zero attached hydrogens (tertiary/aromatic N) is 4.